The third-order valence-electron chi connectivity index (χ3n) is 3.95. The number of hydrogen-bond acceptors (Lipinski definition) is 2. The molecule has 0 spiro atoms. The van der Waals surface area contributed by atoms with Gasteiger partial charge in [-0.05, 0) is 25.7 Å². The van der Waals surface area contributed by atoms with Gasteiger partial charge in [0, 0.05) is 24.4 Å². The summed E-state index contributed by atoms with van der Waals surface area (Å²) in [7, 11) is 0. The van der Waals surface area contributed by atoms with Crippen LogP contribution < -0.4 is 11.1 Å². The van der Waals surface area contributed by atoms with Gasteiger partial charge in [-0.1, -0.05) is 19.3 Å². The van der Waals surface area contributed by atoms with Crippen molar-refractivity contribution in [3.05, 3.63) is 0 Å². The monoisotopic (exact) mass is 362 g/mol. The fourth-order valence-corrected chi connectivity index (χ4v) is 2.49. The molecular formula is C13H23IN4. The van der Waals surface area contributed by atoms with Crippen molar-refractivity contribution in [2.75, 3.05) is 6.54 Å². The lowest BCUT2D eigenvalue weighted by Crippen LogP contribution is -2.41. The fraction of sp³-hybridized carbons (Fsp3) is 0.846. The van der Waals surface area contributed by atoms with Crippen molar-refractivity contribution in [1.82, 2.24) is 5.32 Å². The first-order valence-corrected chi connectivity index (χ1v) is 6.68. The first-order chi connectivity index (χ1) is 8.24. The van der Waals surface area contributed by atoms with E-state index in [4.69, 9.17) is 11.0 Å². The summed E-state index contributed by atoms with van der Waals surface area (Å²) in [5.74, 6) is 0.570. The van der Waals surface area contributed by atoms with Crippen molar-refractivity contribution in [3.8, 4) is 6.07 Å². The van der Waals surface area contributed by atoms with Crippen LogP contribution in [-0.2, 0) is 0 Å². The highest BCUT2D eigenvalue weighted by atomic mass is 127. The lowest BCUT2D eigenvalue weighted by Gasteiger charge is -2.23. The summed E-state index contributed by atoms with van der Waals surface area (Å²) in [4.78, 5) is 4.40. The first-order valence-electron chi connectivity index (χ1n) is 6.68. The highest BCUT2D eigenvalue weighted by Gasteiger charge is 2.42. The molecule has 0 aromatic rings. The van der Waals surface area contributed by atoms with Gasteiger partial charge in [0.1, 0.15) is 0 Å². The van der Waals surface area contributed by atoms with E-state index in [9.17, 15) is 0 Å². The van der Waals surface area contributed by atoms with Crippen LogP contribution >= 0.6 is 24.0 Å². The van der Waals surface area contributed by atoms with Gasteiger partial charge in [0.2, 0.25) is 0 Å². The van der Waals surface area contributed by atoms with E-state index in [2.05, 4.69) is 16.4 Å². The largest absolute Gasteiger partial charge is 0.370 e. The van der Waals surface area contributed by atoms with Crippen molar-refractivity contribution in [3.63, 3.8) is 0 Å². The summed E-state index contributed by atoms with van der Waals surface area (Å²) in [6.45, 7) is 0.714. The number of aliphatic imine (C=N–C) groups is 1. The zero-order valence-electron chi connectivity index (χ0n) is 10.8. The number of nitrogens with one attached hydrogen (secondary N) is 1. The van der Waals surface area contributed by atoms with Gasteiger partial charge in [-0.15, -0.1) is 24.0 Å². The molecule has 0 saturated heterocycles. The molecule has 0 heterocycles. The fourth-order valence-electron chi connectivity index (χ4n) is 2.49. The predicted molar refractivity (Wildman–Crippen MR) is 83.8 cm³/mol. The summed E-state index contributed by atoms with van der Waals surface area (Å²) in [5, 5.41) is 12.0. The summed E-state index contributed by atoms with van der Waals surface area (Å²) < 4.78 is 0. The highest BCUT2D eigenvalue weighted by Crippen LogP contribution is 2.48. The number of guanidine groups is 1. The van der Waals surface area contributed by atoms with E-state index in [1.165, 1.54) is 32.1 Å². The van der Waals surface area contributed by atoms with Crippen molar-refractivity contribution >= 4 is 29.9 Å². The molecule has 2 fully saturated rings. The molecule has 0 aromatic carbocycles. The molecule has 2 aliphatic rings. The van der Waals surface area contributed by atoms with E-state index in [0.717, 1.165) is 12.8 Å². The lowest BCUT2D eigenvalue weighted by molar-refractivity contribution is 0.411. The van der Waals surface area contributed by atoms with Crippen LogP contribution in [0.25, 0.3) is 0 Å². The lowest BCUT2D eigenvalue weighted by atomic mass is 9.96. The molecular weight excluding hydrogens is 339 g/mol. The Morgan fingerprint density at radius 2 is 2.00 bits per heavy atom. The summed E-state index contributed by atoms with van der Waals surface area (Å²) in [6, 6.07) is 2.76. The van der Waals surface area contributed by atoms with Crippen molar-refractivity contribution in [2.45, 2.75) is 57.4 Å². The minimum absolute atomic E-state index is 0. The number of nitriles is 1. The maximum absolute atomic E-state index is 8.72. The minimum atomic E-state index is 0. The van der Waals surface area contributed by atoms with Crippen molar-refractivity contribution in [2.24, 2.45) is 16.1 Å². The average Bonchev–Trinajstić information content (AvgIpc) is 3.09. The maximum Gasteiger partial charge on any atom is 0.188 e. The number of hydrogen-bond donors (Lipinski definition) is 2. The molecule has 2 rings (SSSR count). The summed E-state index contributed by atoms with van der Waals surface area (Å²) in [6.07, 6.45) is 9.22. The SMILES string of the molecule is I.N#CCC1(CN=C(N)NC2CCCCC2)CC1. The molecule has 2 aliphatic carbocycles. The molecule has 18 heavy (non-hydrogen) atoms. The Morgan fingerprint density at radius 1 is 1.33 bits per heavy atom. The van der Waals surface area contributed by atoms with Crippen LogP contribution in [0.5, 0.6) is 0 Å². The van der Waals surface area contributed by atoms with E-state index < -0.39 is 0 Å². The summed E-state index contributed by atoms with van der Waals surface area (Å²) >= 11 is 0. The van der Waals surface area contributed by atoms with E-state index in [0.29, 0.717) is 25.0 Å². The summed E-state index contributed by atoms with van der Waals surface area (Å²) in [5.41, 5.74) is 6.05. The average molecular weight is 362 g/mol. The third-order valence-corrected chi connectivity index (χ3v) is 3.95. The molecule has 5 heteroatoms. The van der Waals surface area contributed by atoms with E-state index in [-0.39, 0.29) is 29.4 Å². The quantitative estimate of drug-likeness (QED) is 0.459. The van der Waals surface area contributed by atoms with Gasteiger partial charge in [-0.25, -0.2) is 0 Å². The maximum atomic E-state index is 8.72. The van der Waals surface area contributed by atoms with Gasteiger partial charge in [0.05, 0.1) is 6.07 Å². The third kappa shape index (κ3) is 4.63. The van der Waals surface area contributed by atoms with Gasteiger partial charge < -0.3 is 11.1 Å². The van der Waals surface area contributed by atoms with Gasteiger partial charge in [-0.3, -0.25) is 4.99 Å². The van der Waals surface area contributed by atoms with E-state index >= 15 is 0 Å². The molecule has 0 aromatic heterocycles. The Morgan fingerprint density at radius 3 is 2.56 bits per heavy atom. The molecule has 4 nitrogen and oxygen atoms in total. The number of halogens is 1. The minimum Gasteiger partial charge on any atom is -0.370 e. The molecule has 0 unspecified atom stereocenters. The Bertz CT molecular complexity index is 324. The van der Waals surface area contributed by atoms with Crippen molar-refractivity contribution in [1.29, 1.82) is 5.26 Å². The zero-order valence-corrected chi connectivity index (χ0v) is 13.2. The second-order valence-corrected chi connectivity index (χ2v) is 5.52. The highest BCUT2D eigenvalue weighted by molar-refractivity contribution is 14.0. The number of nitrogens with zero attached hydrogens (tertiary/aromatic N) is 2. The van der Waals surface area contributed by atoms with E-state index in [1.54, 1.807) is 0 Å². The van der Waals surface area contributed by atoms with Crippen LogP contribution in [0, 0.1) is 16.7 Å². The van der Waals surface area contributed by atoms with E-state index in [1.807, 2.05) is 0 Å². The normalized spacial score (nSPS) is 22.7. The first kappa shape index (κ1) is 15.5. The molecule has 0 radical (unpaired) electrons. The Labute approximate surface area is 126 Å². The van der Waals surface area contributed by atoms with Crippen molar-refractivity contribution < 1.29 is 0 Å². The standard InChI is InChI=1S/C13H22N4.HI/c14-9-8-13(6-7-13)10-16-12(15)17-11-4-2-1-3-5-11;/h11H,1-8,10H2,(H3,15,16,17);1H. The molecule has 0 atom stereocenters. The van der Waals surface area contributed by atoms with Crippen LogP contribution in [-0.4, -0.2) is 18.5 Å². The van der Waals surface area contributed by atoms with Crippen LogP contribution in [0.3, 0.4) is 0 Å². The van der Waals surface area contributed by atoms with Crippen LogP contribution in [0.1, 0.15) is 51.4 Å². The molecule has 102 valence electrons. The molecule has 3 N–H and O–H groups in total. The van der Waals surface area contributed by atoms with Crippen LogP contribution in [0.15, 0.2) is 4.99 Å². The molecule has 0 aliphatic heterocycles. The second-order valence-electron chi connectivity index (χ2n) is 5.52. The molecule has 2 saturated carbocycles. The second kappa shape index (κ2) is 7.17. The predicted octanol–water partition coefficient (Wildman–Crippen LogP) is 2.54. The Balaban J connectivity index is 0.00000162. The zero-order chi connectivity index (χ0) is 12.1. The van der Waals surface area contributed by atoms with Gasteiger partial charge >= 0.3 is 0 Å². The smallest absolute Gasteiger partial charge is 0.188 e. The number of rotatable bonds is 4. The molecule has 0 amide bonds. The molecule has 0 bridgehead atoms. The Kier molecular flexibility index (Phi) is 6.19. The Hall–Kier alpha value is -0.510. The van der Waals surface area contributed by atoms with Crippen LogP contribution in [0.2, 0.25) is 0 Å². The number of nitrogens with two attached hydrogens (primary N) is 1. The van der Waals surface area contributed by atoms with Gasteiger partial charge in [-0.2, -0.15) is 5.26 Å². The van der Waals surface area contributed by atoms with Gasteiger partial charge in [0.15, 0.2) is 5.96 Å². The topological polar surface area (TPSA) is 74.2 Å². The van der Waals surface area contributed by atoms with Crippen LogP contribution in [0.4, 0.5) is 0 Å². The van der Waals surface area contributed by atoms with Gasteiger partial charge in [0.25, 0.3) is 0 Å².